The van der Waals surface area contributed by atoms with E-state index in [1.807, 2.05) is 39.2 Å². The molecule has 2 atom stereocenters. The van der Waals surface area contributed by atoms with Crippen molar-refractivity contribution in [3.8, 4) is 0 Å². The fraction of sp³-hybridized carbons (Fsp3) is 0.688. The second-order valence-electron chi connectivity index (χ2n) is 5.33. The highest BCUT2D eigenvalue weighted by atomic mass is 16.6. The molecule has 0 aromatic rings. The summed E-state index contributed by atoms with van der Waals surface area (Å²) in [5, 5.41) is 0. The summed E-state index contributed by atoms with van der Waals surface area (Å²) < 4.78 is 5.45. The highest BCUT2D eigenvalue weighted by molar-refractivity contribution is 5.68. The van der Waals surface area contributed by atoms with E-state index in [4.69, 9.17) is 4.74 Å². The van der Waals surface area contributed by atoms with Crippen LogP contribution in [0.3, 0.4) is 0 Å². The van der Waals surface area contributed by atoms with E-state index in [0.29, 0.717) is 24.3 Å². The van der Waals surface area contributed by atoms with E-state index in [0.717, 1.165) is 6.42 Å². The lowest BCUT2D eigenvalue weighted by molar-refractivity contribution is 0.142. The van der Waals surface area contributed by atoms with Gasteiger partial charge in [-0.3, -0.25) is 0 Å². The Hall–Kier alpha value is -1.29. The van der Waals surface area contributed by atoms with Gasteiger partial charge in [-0.2, -0.15) is 0 Å². The van der Waals surface area contributed by atoms with E-state index < -0.39 is 0 Å². The predicted molar refractivity (Wildman–Crippen MR) is 84.6 cm³/mol. The largest absolute Gasteiger partial charge is 0.414 e. The summed E-state index contributed by atoms with van der Waals surface area (Å²) in [5.74, 6) is 0.916. The molecule has 0 aromatic carbocycles. The van der Waals surface area contributed by atoms with Crippen molar-refractivity contribution < 1.29 is 9.53 Å². The summed E-state index contributed by atoms with van der Waals surface area (Å²) in [7, 11) is 5.83. The first kappa shape index (κ1) is 18.7. The highest BCUT2D eigenvalue weighted by Crippen LogP contribution is 2.14. The van der Waals surface area contributed by atoms with Crippen molar-refractivity contribution in [2.24, 2.45) is 5.92 Å². The van der Waals surface area contributed by atoms with Crippen LogP contribution in [0, 0.1) is 5.92 Å². The van der Waals surface area contributed by atoms with Gasteiger partial charge >= 0.3 is 6.09 Å². The van der Waals surface area contributed by atoms with Gasteiger partial charge in [0.15, 0.2) is 0 Å². The quantitative estimate of drug-likeness (QED) is 0.529. The van der Waals surface area contributed by atoms with Gasteiger partial charge in [-0.05, 0) is 52.4 Å². The fourth-order valence-electron chi connectivity index (χ4n) is 1.53. The Morgan fingerprint density at radius 1 is 1.20 bits per heavy atom. The van der Waals surface area contributed by atoms with Crippen LogP contribution in [0.15, 0.2) is 24.0 Å². The highest BCUT2D eigenvalue weighted by Gasteiger charge is 2.15. The lowest BCUT2D eigenvalue weighted by Gasteiger charge is -2.24. The van der Waals surface area contributed by atoms with Crippen molar-refractivity contribution in [3.05, 3.63) is 24.0 Å². The second kappa shape index (κ2) is 9.59. The van der Waals surface area contributed by atoms with Gasteiger partial charge in [0.1, 0.15) is 5.76 Å². The Balaban J connectivity index is 4.96. The molecule has 0 aliphatic carbocycles. The topological polar surface area (TPSA) is 32.8 Å². The Morgan fingerprint density at radius 3 is 2.25 bits per heavy atom. The standard InChI is InChI=1S/C16H30N2O2/c1-8-10-11-15(20-16(19)18(7)9-2)12-13(3)14(4)17(5)6/h10-14H,8-9H2,1-7H3/b11-10-,15-12+. The number of hydrogen-bond donors (Lipinski definition) is 0. The van der Waals surface area contributed by atoms with E-state index in [-0.39, 0.29) is 6.09 Å². The van der Waals surface area contributed by atoms with Crippen molar-refractivity contribution in [1.29, 1.82) is 0 Å². The monoisotopic (exact) mass is 282 g/mol. The number of carbonyl (C=O) groups excluding carboxylic acids is 1. The molecule has 20 heavy (non-hydrogen) atoms. The molecule has 4 heteroatoms. The zero-order valence-corrected chi connectivity index (χ0v) is 14.0. The molecule has 0 aromatic heterocycles. The molecule has 0 aliphatic heterocycles. The Labute approximate surface area is 124 Å². The van der Waals surface area contributed by atoms with E-state index in [9.17, 15) is 4.79 Å². The maximum absolute atomic E-state index is 11.9. The summed E-state index contributed by atoms with van der Waals surface area (Å²) in [6.45, 7) is 8.89. The van der Waals surface area contributed by atoms with E-state index in [1.165, 1.54) is 0 Å². The first-order valence-electron chi connectivity index (χ1n) is 7.31. The summed E-state index contributed by atoms with van der Waals surface area (Å²) in [6, 6.07) is 0.377. The molecular formula is C16H30N2O2. The van der Waals surface area contributed by atoms with Crippen LogP contribution in [0.5, 0.6) is 0 Å². The van der Waals surface area contributed by atoms with Crippen LogP contribution in [0.1, 0.15) is 34.1 Å². The minimum Gasteiger partial charge on any atom is -0.411 e. The van der Waals surface area contributed by atoms with Crippen LogP contribution in [0.2, 0.25) is 0 Å². The molecule has 4 nitrogen and oxygen atoms in total. The molecule has 1 amide bonds. The van der Waals surface area contributed by atoms with Crippen LogP contribution < -0.4 is 0 Å². The van der Waals surface area contributed by atoms with Gasteiger partial charge < -0.3 is 14.5 Å². The number of rotatable bonds is 7. The van der Waals surface area contributed by atoms with Crippen molar-refractivity contribution in [2.45, 2.75) is 40.2 Å². The molecule has 0 fully saturated rings. The Kier molecular flexibility index (Phi) is 8.97. The molecule has 0 radical (unpaired) electrons. The van der Waals surface area contributed by atoms with Crippen molar-refractivity contribution in [1.82, 2.24) is 9.80 Å². The summed E-state index contributed by atoms with van der Waals surface area (Å²) in [5.41, 5.74) is 0. The minimum atomic E-state index is -0.316. The third kappa shape index (κ3) is 6.75. The zero-order chi connectivity index (χ0) is 15.7. The number of ether oxygens (including phenoxy) is 1. The summed E-state index contributed by atoms with van der Waals surface area (Å²) in [4.78, 5) is 15.6. The maximum atomic E-state index is 11.9. The lowest BCUT2D eigenvalue weighted by atomic mass is 10.0. The van der Waals surface area contributed by atoms with Crippen LogP contribution in [0.25, 0.3) is 0 Å². The molecule has 0 aliphatic rings. The van der Waals surface area contributed by atoms with Gasteiger partial charge in [0.25, 0.3) is 0 Å². The normalized spacial score (nSPS) is 15.5. The number of amides is 1. The van der Waals surface area contributed by atoms with Gasteiger partial charge in [-0.1, -0.05) is 19.9 Å². The van der Waals surface area contributed by atoms with Gasteiger partial charge in [0.2, 0.25) is 0 Å². The maximum Gasteiger partial charge on any atom is 0.414 e. The number of nitrogens with zero attached hydrogens (tertiary/aromatic N) is 2. The molecule has 0 rings (SSSR count). The van der Waals surface area contributed by atoms with Crippen LogP contribution in [-0.4, -0.2) is 49.6 Å². The van der Waals surface area contributed by atoms with Gasteiger partial charge in [0.05, 0.1) is 0 Å². The van der Waals surface area contributed by atoms with E-state index >= 15 is 0 Å². The average molecular weight is 282 g/mol. The van der Waals surface area contributed by atoms with Crippen molar-refractivity contribution in [2.75, 3.05) is 27.7 Å². The van der Waals surface area contributed by atoms with Crippen molar-refractivity contribution >= 4 is 6.09 Å². The molecule has 0 saturated carbocycles. The SMILES string of the molecule is CC/C=C\C(=C/C(C)C(C)N(C)C)OC(=O)N(C)CC. The van der Waals surface area contributed by atoms with E-state index in [2.05, 4.69) is 25.7 Å². The van der Waals surface area contributed by atoms with Crippen molar-refractivity contribution in [3.63, 3.8) is 0 Å². The predicted octanol–water partition coefficient (Wildman–Crippen LogP) is 3.51. The second-order valence-corrected chi connectivity index (χ2v) is 5.33. The summed E-state index contributed by atoms with van der Waals surface area (Å²) >= 11 is 0. The molecule has 0 saturated heterocycles. The number of carbonyl (C=O) groups is 1. The number of allylic oxidation sites excluding steroid dienone is 2. The summed E-state index contributed by atoms with van der Waals surface area (Å²) in [6.07, 6.45) is 6.48. The van der Waals surface area contributed by atoms with Gasteiger partial charge in [-0.15, -0.1) is 0 Å². The third-order valence-corrected chi connectivity index (χ3v) is 3.51. The molecule has 0 bridgehead atoms. The molecule has 0 N–H and O–H groups in total. The Morgan fingerprint density at radius 2 is 1.80 bits per heavy atom. The van der Waals surface area contributed by atoms with Crippen LogP contribution >= 0.6 is 0 Å². The van der Waals surface area contributed by atoms with Crippen LogP contribution in [-0.2, 0) is 4.74 Å². The molecule has 116 valence electrons. The first-order valence-corrected chi connectivity index (χ1v) is 7.31. The lowest BCUT2D eigenvalue weighted by Crippen LogP contribution is -2.30. The molecule has 0 spiro atoms. The van der Waals surface area contributed by atoms with E-state index in [1.54, 1.807) is 11.9 Å². The molecule has 0 heterocycles. The number of hydrogen-bond acceptors (Lipinski definition) is 3. The first-order chi connectivity index (χ1) is 9.33. The Bertz CT molecular complexity index is 348. The third-order valence-electron chi connectivity index (χ3n) is 3.51. The van der Waals surface area contributed by atoms with Crippen LogP contribution in [0.4, 0.5) is 4.79 Å². The fourth-order valence-corrected chi connectivity index (χ4v) is 1.53. The van der Waals surface area contributed by atoms with Gasteiger partial charge in [0, 0.05) is 19.6 Å². The molecular weight excluding hydrogens is 252 g/mol. The van der Waals surface area contributed by atoms with Gasteiger partial charge in [-0.25, -0.2) is 4.79 Å². The molecule has 2 unspecified atom stereocenters. The minimum absolute atomic E-state index is 0.293. The zero-order valence-electron chi connectivity index (χ0n) is 14.0. The smallest absolute Gasteiger partial charge is 0.411 e. The average Bonchev–Trinajstić information content (AvgIpc) is 2.42.